The summed E-state index contributed by atoms with van der Waals surface area (Å²) in [7, 11) is 0. The van der Waals surface area contributed by atoms with E-state index in [1.54, 1.807) is 0 Å². The number of fused-ring (bicyclic) bond motifs is 8. The molecule has 0 aliphatic heterocycles. The average Bonchev–Trinajstić information content (AvgIpc) is 3.39. The molecule has 0 aliphatic carbocycles. The van der Waals surface area contributed by atoms with E-state index in [4.69, 9.17) is 4.42 Å². The smallest absolute Gasteiger partial charge is 0.162 e. The van der Waals surface area contributed by atoms with Gasteiger partial charge in [0.05, 0.1) is 22.1 Å². The topological polar surface area (TPSA) is 30.4 Å². The highest BCUT2D eigenvalue weighted by Crippen LogP contribution is 2.45. The van der Waals surface area contributed by atoms with E-state index in [2.05, 4.69) is 64.0 Å². The molecular formula is C25H14N2O. The zero-order valence-electron chi connectivity index (χ0n) is 14.9. The molecule has 130 valence electrons. The highest BCUT2D eigenvalue weighted by Gasteiger charge is 2.24. The summed E-state index contributed by atoms with van der Waals surface area (Å²) in [6, 6.07) is 27.3. The summed E-state index contributed by atoms with van der Waals surface area (Å²) in [5.74, 6) is 0. The third-order valence-electron chi connectivity index (χ3n) is 5.80. The number of benzene rings is 3. The minimum Gasteiger partial charge on any atom is -0.454 e. The molecule has 3 nitrogen and oxygen atoms in total. The lowest BCUT2D eigenvalue weighted by Crippen LogP contribution is -1.84. The number of hydrogen-bond donors (Lipinski definition) is 0. The molecule has 0 amide bonds. The zero-order chi connectivity index (χ0) is 18.2. The first-order valence-corrected chi connectivity index (χ1v) is 9.41. The molecule has 0 bridgehead atoms. The summed E-state index contributed by atoms with van der Waals surface area (Å²) in [4.78, 5) is 4.62. The highest BCUT2D eigenvalue weighted by molar-refractivity contribution is 6.28. The Labute approximate surface area is 159 Å². The lowest BCUT2D eigenvalue weighted by atomic mass is 10.0. The fourth-order valence-corrected chi connectivity index (χ4v) is 4.68. The molecule has 0 saturated carbocycles. The van der Waals surface area contributed by atoms with E-state index in [1.807, 2.05) is 30.5 Å². The number of para-hydroxylation sites is 2. The largest absolute Gasteiger partial charge is 0.454 e. The number of nitrogens with zero attached hydrogens (tertiary/aromatic N) is 2. The molecule has 7 rings (SSSR count). The van der Waals surface area contributed by atoms with Crippen LogP contribution in [0.1, 0.15) is 0 Å². The van der Waals surface area contributed by atoms with Gasteiger partial charge in [-0.3, -0.25) is 4.98 Å². The molecule has 0 fully saturated rings. The molecule has 0 radical (unpaired) electrons. The molecule has 4 heterocycles. The van der Waals surface area contributed by atoms with Crippen molar-refractivity contribution in [2.24, 2.45) is 0 Å². The Hall–Kier alpha value is -3.85. The van der Waals surface area contributed by atoms with Crippen molar-refractivity contribution in [3.63, 3.8) is 0 Å². The predicted molar refractivity (Wildman–Crippen MR) is 114 cm³/mol. The first-order chi connectivity index (χ1) is 13.9. The molecule has 0 atom stereocenters. The number of hydrogen-bond acceptors (Lipinski definition) is 2. The normalized spacial score (nSPS) is 12.3. The van der Waals surface area contributed by atoms with Crippen molar-refractivity contribution in [3.05, 3.63) is 85.1 Å². The van der Waals surface area contributed by atoms with Crippen LogP contribution in [-0.2, 0) is 0 Å². The Morgan fingerprint density at radius 3 is 2.39 bits per heavy atom. The van der Waals surface area contributed by atoms with Crippen LogP contribution in [0.2, 0.25) is 0 Å². The molecule has 0 saturated heterocycles. The van der Waals surface area contributed by atoms with Crippen LogP contribution in [0.15, 0.2) is 89.5 Å². The summed E-state index contributed by atoms with van der Waals surface area (Å²) in [6.07, 6.45) is 1.84. The van der Waals surface area contributed by atoms with E-state index in [1.165, 1.54) is 21.8 Å². The Morgan fingerprint density at radius 2 is 1.50 bits per heavy atom. The van der Waals surface area contributed by atoms with Gasteiger partial charge in [0.2, 0.25) is 0 Å². The molecule has 3 aromatic carbocycles. The third kappa shape index (κ3) is 1.58. The fraction of sp³-hybridized carbons (Fsp3) is 0. The second kappa shape index (κ2) is 4.90. The lowest BCUT2D eigenvalue weighted by molar-refractivity contribution is 0.673. The second-order valence-corrected chi connectivity index (χ2v) is 7.23. The first-order valence-electron chi connectivity index (χ1n) is 9.41. The van der Waals surface area contributed by atoms with E-state index >= 15 is 0 Å². The van der Waals surface area contributed by atoms with Crippen LogP contribution in [0.25, 0.3) is 60.5 Å². The van der Waals surface area contributed by atoms with Gasteiger partial charge in [-0.2, -0.15) is 0 Å². The van der Waals surface area contributed by atoms with Crippen molar-refractivity contribution in [3.8, 4) is 11.3 Å². The van der Waals surface area contributed by atoms with Gasteiger partial charge in [0, 0.05) is 27.9 Å². The van der Waals surface area contributed by atoms with Crippen LogP contribution in [0.4, 0.5) is 0 Å². The summed E-state index contributed by atoms with van der Waals surface area (Å²) in [6.45, 7) is 0. The van der Waals surface area contributed by atoms with Crippen LogP contribution < -0.4 is 0 Å². The van der Waals surface area contributed by atoms with Gasteiger partial charge in [-0.15, -0.1) is 0 Å². The Balaban J connectivity index is 1.85. The van der Waals surface area contributed by atoms with Gasteiger partial charge < -0.3 is 8.82 Å². The number of furan rings is 1. The van der Waals surface area contributed by atoms with Gasteiger partial charge in [-0.1, -0.05) is 48.5 Å². The van der Waals surface area contributed by atoms with Gasteiger partial charge >= 0.3 is 0 Å². The average molecular weight is 358 g/mol. The maximum Gasteiger partial charge on any atom is 0.162 e. The van der Waals surface area contributed by atoms with Crippen LogP contribution in [-0.4, -0.2) is 9.38 Å². The minimum atomic E-state index is 0.917. The second-order valence-electron chi connectivity index (χ2n) is 7.23. The Morgan fingerprint density at radius 1 is 0.679 bits per heavy atom. The van der Waals surface area contributed by atoms with Crippen molar-refractivity contribution < 1.29 is 4.42 Å². The molecule has 0 unspecified atom stereocenters. The summed E-state index contributed by atoms with van der Waals surface area (Å²) in [5.41, 5.74) is 7.49. The molecule has 28 heavy (non-hydrogen) atoms. The molecule has 0 N–H and O–H groups in total. The highest BCUT2D eigenvalue weighted by atomic mass is 16.3. The standard InChI is InChI=1S/C25H14N2O/c1-3-10-20-15(7-1)16-12-13-17(19-9-5-6-14-26-19)22-23(16)27(20)24-18-8-2-4-11-21(18)28-25(22)24/h1-14H. The number of pyridine rings is 1. The van der Waals surface area contributed by atoms with Crippen molar-refractivity contribution in [2.75, 3.05) is 0 Å². The van der Waals surface area contributed by atoms with E-state index < -0.39 is 0 Å². The van der Waals surface area contributed by atoms with Crippen LogP contribution in [0.5, 0.6) is 0 Å². The van der Waals surface area contributed by atoms with Gasteiger partial charge in [-0.25, -0.2) is 0 Å². The Kier molecular flexibility index (Phi) is 2.49. The van der Waals surface area contributed by atoms with Gasteiger partial charge in [0.25, 0.3) is 0 Å². The SMILES string of the molecule is c1ccc(-c2ccc3c4ccccc4n4c5c6ccccc6oc5c2c34)nc1. The monoisotopic (exact) mass is 358 g/mol. The molecular weight excluding hydrogens is 344 g/mol. The maximum atomic E-state index is 6.40. The molecule has 3 heteroatoms. The molecule has 0 aliphatic rings. The minimum absolute atomic E-state index is 0.917. The van der Waals surface area contributed by atoms with E-state index in [0.29, 0.717) is 0 Å². The van der Waals surface area contributed by atoms with Gasteiger partial charge in [0.15, 0.2) is 5.58 Å². The lowest BCUT2D eigenvalue weighted by Gasteiger charge is -2.03. The number of aromatic nitrogens is 2. The van der Waals surface area contributed by atoms with Gasteiger partial charge in [0.1, 0.15) is 11.1 Å². The van der Waals surface area contributed by atoms with Crippen molar-refractivity contribution in [1.29, 1.82) is 0 Å². The van der Waals surface area contributed by atoms with E-state index in [0.717, 1.165) is 38.7 Å². The Bertz CT molecular complexity index is 1650. The summed E-state index contributed by atoms with van der Waals surface area (Å²) >= 11 is 0. The predicted octanol–water partition coefficient (Wildman–Crippen LogP) is 6.64. The van der Waals surface area contributed by atoms with Crippen LogP contribution >= 0.6 is 0 Å². The van der Waals surface area contributed by atoms with Crippen molar-refractivity contribution in [2.45, 2.75) is 0 Å². The quantitative estimate of drug-likeness (QED) is 0.329. The molecule has 0 spiro atoms. The van der Waals surface area contributed by atoms with E-state index in [-0.39, 0.29) is 0 Å². The van der Waals surface area contributed by atoms with Crippen LogP contribution in [0.3, 0.4) is 0 Å². The summed E-state index contributed by atoms with van der Waals surface area (Å²) in [5, 5.41) is 4.80. The third-order valence-corrected chi connectivity index (χ3v) is 5.80. The maximum absolute atomic E-state index is 6.40. The number of rotatable bonds is 1. The molecule has 7 aromatic rings. The van der Waals surface area contributed by atoms with Gasteiger partial charge in [-0.05, 0) is 30.3 Å². The van der Waals surface area contributed by atoms with Crippen LogP contribution in [0, 0.1) is 0 Å². The molecule has 4 aromatic heterocycles. The van der Waals surface area contributed by atoms with Crippen molar-refractivity contribution >= 4 is 49.3 Å². The fourth-order valence-electron chi connectivity index (χ4n) is 4.68. The zero-order valence-corrected chi connectivity index (χ0v) is 14.9. The van der Waals surface area contributed by atoms with E-state index in [9.17, 15) is 0 Å². The first kappa shape index (κ1) is 14.2. The van der Waals surface area contributed by atoms with Crippen molar-refractivity contribution in [1.82, 2.24) is 9.38 Å². The summed E-state index contributed by atoms with van der Waals surface area (Å²) < 4.78 is 8.77.